The standard InChI is InChI=1S/C16H23ClO2/c1-10(2)12-8-16(3)11(9-17)6-5-7-13(16)14(18)15(12)19-4/h5,7,11-13,15H,1,6,8-9H2,2-4H3. The van der Waals surface area contributed by atoms with Crippen molar-refractivity contribution in [2.24, 2.45) is 23.2 Å². The number of fused-ring (bicyclic) bond motifs is 1. The molecular formula is C16H23ClO2. The molecule has 0 N–H and O–H groups in total. The van der Waals surface area contributed by atoms with Crippen LogP contribution in [0.5, 0.6) is 0 Å². The zero-order chi connectivity index (χ0) is 14.2. The molecule has 0 saturated heterocycles. The number of carbonyl (C=O) groups excluding carboxylic acids is 1. The molecule has 0 spiro atoms. The van der Waals surface area contributed by atoms with Crippen LogP contribution in [0.15, 0.2) is 24.3 Å². The van der Waals surface area contributed by atoms with E-state index in [2.05, 4.69) is 25.7 Å². The lowest BCUT2D eigenvalue weighted by molar-refractivity contribution is -0.147. The van der Waals surface area contributed by atoms with Gasteiger partial charge in [0.05, 0.1) is 0 Å². The van der Waals surface area contributed by atoms with Gasteiger partial charge in [0, 0.05) is 24.8 Å². The molecule has 1 fully saturated rings. The van der Waals surface area contributed by atoms with Gasteiger partial charge in [-0.1, -0.05) is 31.2 Å². The van der Waals surface area contributed by atoms with Crippen LogP contribution in [-0.4, -0.2) is 24.9 Å². The molecule has 0 aromatic heterocycles. The molecule has 1 saturated carbocycles. The number of halogens is 1. The average Bonchev–Trinajstić information content (AvgIpc) is 2.37. The molecule has 0 aliphatic heterocycles. The van der Waals surface area contributed by atoms with Gasteiger partial charge in [-0.25, -0.2) is 0 Å². The van der Waals surface area contributed by atoms with E-state index in [0.717, 1.165) is 18.4 Å². The molecule has 3 heteroatoms. The van der Waals surface area contributed by atoms with Crippen molar-refractivity contribution >= 4 is 17.4 Å². The Balaban J connectivity index is 2.41. The molecule has 2 rings (SSSR count). The van der Waals surface area contributed by atoms with E-state index in [1.165, 1.54) is 0 Å². The first kappa shape index (κ1) is 14.8. The van der Waals surface area contributed by atoms with Gasteiger partial charge in [0.1, 0.15) is 6.10 Å². The Labute approximate surface area is 120 Å². The lowest BCUT2D eigenvalue weighted by Gasteiger charge is -2.51. The molecule has 5 atom stereocenters. The molecular weight excluding hydrogens is 260 g/mol. The molecule has 0 bridgehead atoms. The summed E-state index contributed by atoms with van der Waals surface area (Å²) in [6.45, 7) is 8.24. The highest BCUT2D eigenvalue weighted by atomic mass is 35.5. The zero-order valence-electron chi connectivity index (χ0n) is 12.0. The van der Waals surface area contributed by atoms with Crippen LogP contribution >= 0.6 is 11.6 Å². The minimum absolute atomic E-state index is 0.0633. The summed E-state index contributed by atoms with van der Waals surface area (Å²) in [5.41, 5.74) is 0.967. The van der Waals surface area contributed by atoms with Crippen molar-refractivity contribution in [2.45, 2.75) is 32.8 Å². The molecule has 0 aromatic carbocycles. The third-order valence-electron chi connectivity index (χ3n) is 5.08. The summed E-state index contributed by atoms with van der Waals surface area (Å²) in [6, 6.07) is 0. The second-order valence-electron chi connectivity index (χ2n) is 6.21. The minimum Gasteiger partial charge on any atom is -0.373 e. The molecule has 19 heavy (non-hydrogen) atoms. The maximum absolute atomic E-state index is 12.7. The largest absolute Gasteiger partial charge is 0.373 e. The Bertz CT molecular complexity index is 415. The predicted octanol–water partition coefficient (Wildman–Crippen LogP) is 3.60. The maximum Gasteiger partial charge on any atom is 0.169 e. The SMILES string of the molecule is C=C(C)C1CC2(C)C(CCl)CC=CC2C(=O)C1OC. The summed E-state index contributed by atoms with van der Waals surface area (Å²) >= 11 is 6.14. The average molecular weight is 283 g/mol. The van der Waals surface area contributed by atoms with Gasteiger partial charge in [0.15, 0.2) is 5.78 Å². The number of ketones is 1. The number of hydrogen-bond acceptors (Lipinski definition) is 2. The van der Waals surface area contributed by atoms with Crippen LogP contribution in [-0.2, 0) is 9.53 Å². The Kier molecular flexibility index (Phi) is 4.22. The summed E-state index contributed by atoms with van der Waals surface area (Å²) in [7, 11) is 1.62. The van der Waals surface area contributed by atoms with Crippen molar-refractivity contribution in [3.63, 3.8) is 0 Å². The second-order valence-corrected chi connectivity index (χ2v) is 6.52. The molecule has 0 amide bonds. The molecule has 2 aliphatic carbocycles. The lowest BCUT2D eigenvalue weighted by atomic mass is 9.54. The molecule has 5 unspecified atom stereocenters. The van der Waals surface area contributed by atoms with Gasteiger partial charge in [-0.3, -0.25) is 4.79 Å². The van der Waals surface area contributed by atoms with Crippen LogP contribution in [0.2, 0.25) is 0 Å². The summed E-state index contributed by atoms with van der Waals surface area (Å²) in [5.74, 6) is 1.19. The van der Waals surface area contributed by atoms with E-state index in [0.29, 0.717) is 11.8 Å². The Morgan fingerprint density at radius 2 is 2.32 bits per heavy atom. The highest BCUT2D eigenvalue weighted by Gasteiger charge is 2.53. The highest BCUT2D eigenvalue weighted by Crippen LogP contribution is 2.53. The second kappa shape index (κ2) is 5.41. The summed E-state index contributed by atoms with van der Waals surface area (Å²) in [6.07, 6.45) is 5.70. The summed E-state index contributed by atoms with van der Waals surface area (Å²) in [4.78, 5) is 12.7. The smallest absolute Gasteiger partial charge is 0.169 e. The Morgan fingerprint density at radius 3 is 2.84 bits per heavy atom. The van der Waals surface area contributed by atoms with E-state index in [1.807, 2.05) is 6.92 Å². The molecule has 106 valence electrons. The van der Waals surface area contributed by atoms with Crippen LogP contribution in [0.25, 0.3) is 0 Å². The zero-order valence-corrected chi connectivity index (χ0v) is 12.7. The third kappa shape index (κ3) is 2.30. The molecule has 0 aromatic rings. The number of carbonyl (C=O) groups is 1. The number of alkyl halides is 1. The van der Waals surface area contributed by atoms with Crippen LogP contribution in [0, 0.1) is 23.2 Å². The fourth-order valence-corrected chi connectivity index (χ4v) is 4.22. The number of rotatable bonds is 3. The van der Waals surface area contributed by atoms with Crippen molar-refractivity contribution < 1.29 is 9.53 Å². The van der Waals surface area contributed by atoms with Gasteiger partial charge in [0.25, 0.3) is 0 Å². The molecule has 0 heterocycles. The number of methoxy groups -OCH3 is 1. The van der Waals surface area contributed by atoms with E-state index in [1.54, 1.807) is 7.11 Å². The number of ether oxygens (including phenoxy) is 1. The van der Waals surface area contributed by atoms with Crippen molar-refractivity contribution in [2.75, 3.05) is 13.0 Å². The third-order valence-corrected chi connectivity index (χ3v) is 5.45. The van der Waals surface area contributed by atoms with Crippen molar-refractivity contribution in [3.8, 4) is 0 Å². The number of hydrogen-bond donors (Lipinski definition) is 0. The van der Waals surface area contributed by atoms with Crippen LogP contribution in [0.1, 0.15) is 26.7 Å². The minimum atomic E-state index is -0.352. The quantitative estimate of drug-likeness (QED) is 0.584. The van der Waals surface area contributed by atoms with Crippen LogP contribution in [0.4, 0.5) is 0 Å². The Hall–Kier alpha value is -0.600. The van der Waals surface area contributed by atoms with Crippen molar-refractivity contribution in [1.29, 1.82) is 0 Å². The van der Waals surface area contributed by atoms with Crippen molar-refractivity contribution in [1.82, 2.24) is 0 Å². The number of allylic oxidation sites excluding steroid dienone is 2. The topological polar surface area (TPSA) is 26.3 Å². The molecule has 2 nitrogen and oxygen atoms in total. The van der Waals surface area contributed by atoms with Gasteiger partial charge >= 0.3 is 0 Å². The molecule has 2 aliphatic rings. The summed E-state index contributed by atoms with van der Waals surface area (Å²) < 4.78 is 5.46. The highest BCUT2D eigenvalue weighted by molar-refractivity contribution is 6.18. The van der Waals surface area contributed by atoms with E-state index >= 15 is 0 Å². The first-order valence-corrected chi connectivity index (χ1v) is 7.43. The van der Waals surface area contributed by atoms with Crippen molar-refractivity contribution in [3.05, 3.63) is 24.3 Å². The molecule has 0 radical (unpaired) electrons. The van der Waals surface area contributed by atoms with Crippen LogP contribution < -0.4 is 0 Å². The van der Waals surface area contributed by atoms with Gasteiger partial charge in [-0.05, 0) is 31.1 Å². The lowest BCUT2D eigenvalue weighted by Crippen LogP contribution is -2.54. The van der Waals surface area contributed by atoms with E-state index in [9.17, 15) is 4.79 Å². The van der Waals surface area contributed by atoms with Gasteiger partial charge in [0.2, 0.25) is 0 Å². The van der Waals surface area contributed by atoms with E-state index < -0.39 is 0 Å². The first-order chi connectivity index (χ1) is 8.95. The van der Waals surface area contributed by atoms with E-state index in [-0.39, 0.29) is 29.1 Å². The monoisotopic (exact) mass is 282 g/mol. The predicted molar refractivity (Wildman–Crippen MR) is 78.3 cm³/mol. The Morgan fingerprint density at radius 1 is 1.63 bits per heavy atom. The van der Waals surface area contributed by atoms with Gasteiger partial charge < -0.3 is 4.74 Å². The van der Waals surface area contributed by atoms with Gasteiger partial charge in [-0.2, -0.15) is 0 Å². The van der Waals surface area contributed by atoms with Crippen LogP contribution in [0.3, 0.4) is 0 Å². The normalized spacial score (nSPS) is 42.0. The fraction of sp³-hybridized carbons (Fsp3) is 0.688. The fourth-order valence-electron chi connectivity index (χ4n) is 3.74. The first-order valence-electron chi connectivity index (χ1n) is 6.90. The van der Waals surface area contributed by atoms with E-state index in [4.69, 9.17) is 16.3 Å². The number of Topliss-reactive ketones (excluding diaryl/α,β-unsaturated/α-hetero) is 1. The summed E-state index contributed by atoms with van der Waals surface area (Å²) in [5, 5.41) is 0. The van der Waals surface area contributed by atoms with Gasteiger partial charge in [-0.15, -0.1) is 11.6 Å². The maximum atomic E-state index is 12.7.